The number of halogens is 2. The van der Waals surface area contributed by atoms with E-state index in [-0.39, 0.29) is 29.9 Å². The molecule has 1 amide bonds. The van der Waals surface area contributed by atoms with Crippen LogP contribution in [0.1, 0.15) is 0 Å². The van der Waals surface area contributed by atoms with Crippen LogP contribution in [-0.2, 0) is 11.8 Å². The maximum Gasteiger partial charge on any atom is 0.414 e. The zero-order valence-electron chi connectivity index (χ0n) is 17.1. The molecule has 0 spiro atoms. The number of ether oxygens (including phenoxy) is 1. The summed E-state index contributed by atoms with van der Waals surface area (Å²) < 4.78 is 39.8. The van der Waals surface area contributed by atoms with Gasteiger partial charge in [0.2, 0.25) is 5.82 Å². The van der Waals surface area contributed by atoms with Crippen molar-refractivity contribution in [3.05, 3.63) is 54.4 Å². The van der Waals surface area contributed by atoms with Gasteiger partial charge in [-0.05, 0) is 23.4 Å². The second-order valence-corrected chi connectivity index (χ2v) is 7.20. The molecule has 0 radical (unpaired) electrons. The number of hydrogen-bond acceptors (Lipinski definition) is 9. The second-order valence-electron chi connectivity index (χ2n) is 7.20. The highest BCUT2D eigenvalue weighted by atomic mass is 19.1. The van der Waals surface area contributed by atoms with Crippen LogP contribution in [0.4, 0.5) is 25.1 Å². The fourth-order valence-electron chi connectivity index (χ4n) is 3.41. The molecule has 11 nitrogen and oxygen atoms in total. The predicted octanol–water partition coefficient (Wildman–Crippen LogP) is 2.64. The van der Waals surface area contributed by atoms with Gasteiger partial charge < -0.3 is 14.6 Å². The Hall–Kier alpha value is -4.42. The Labute approximate surface area is 185 Å². The molecular formula is C20H16F2N8O3. The monoisotopic (exact) mass is 454 g/mol. The summed E-state index contributed by atoms with van der Waals surface area (Å²) in [6, 6.07) is 6.85. The molecule has 4 aromatic rings. The summed E-state index contributed by atoms with van der Waals surface area (Å²) in [6.45, 7) is 0.375. The molecule has 1 fully saturated rings. The minimum atomic E-state index is -0.839. The van der Waals surface area contributed by atoms with Crippen LogP contribution in [0.15, 0.2) is 47.3 Å². The number of carbonyl (C=O) groups is 1. The first kappa shape index (κ1) is 20.5. The molecule has 1 aliphatic heterocycles. The van der Waals surface area contributed by atoms with Gasteiger partial charge in [0.1, 0.15) is 29.7 Å². The van der Waals surface area contributed by atoms with Crippen LogP contribution in [0.25, 0.3) is 22.6 Å². The molecule has 1 N–H and O–H groups in total. The molecule has 33 heavy (non-hydrogen) atoms. The van der Waals surface area contributed by atoms with Gasteiger partial charge in [-0.3, -0.25) is 9.88 Å². The third kappa shape index (κ3) is 4.07. The minimum Gasteiger partial charge on any atom is -0.442 e. The SMILES string of the molecule is Cn1nnc(-c2ccc(-c3c(F)cc(N4C[C@H](CNc5ccon5)OC4=O)cc3F)cn2)n1. The molecule has 0 unspecified atom stereocenters. The third-order valence-electron chi connectivity index (χ3n) is 4.95. The Bertz CT molecular complexity index is 1270. The zero-order valence-corrected chi connectivity index (χ0v) is 17.1. The van der Waals surface area contributed by atoms with Crippen molar-refractivity contribution in [2.24, 2.45) is 7.05 Å². The number of aryl methyl sites for hydroxylation is 1. The number of amides is 1. The standard InChI is InChI=1S/C20H16F2N8O3/c1-29-26-19(25-28-29)16-3-2-11(8-23-16)18-14(21)6-12(7-15(18)22)30-10-13(33-20(30)31)9-24-17-4-5-32-27-17/h2-8,13H,9-10H2,1H3,(H,24,27)/t13-/m0/s1. The average Bonchev–Trinajstić information content (AvgIpc) is 3.54. The third-order valence-corrected chi connectivity index (χ3v) is 4.95. The largest absolute Gasteiger partial charge is 0.442 e. The van der Waals surface area contributed by atoms with Crippen molar-refractivity contribution in [1.82, 2.24) is 30.3 Å². The first-order valence-corrected chi connectivity index (χ1v) is 9.80. The van der Waals surface area contributed by atoms with Gasteiger partial charge in [-0.15, -0.1) is 10.2 Å². The van der Waals surface area contributed by atoms with Crippen LogP contribution in [0.3, 0.4) is 0 Å². The van der Waals surface area contributed by atoms with Crippen molar-refractivity contribution >= 4 is 17.6 Å². The highest BCUT2D eigenvalue weighted by Gasteiger charge is 2.33. The Morgan fingerprint density at radius 3 is 2.67 bits per heavy atom. The van der Waals surface area contributed by atoms with Crippen LogP contribution in [0.2, 0.25) is 0 Å². The van der Waals surface area contributed by atoms with E-state index in [2.05, 4.69) is 30.9 Å². The molecule has 5 rings (SSSR count). The number of nitrogens with zero attached hydrogens (tertiary/aromatic N) is 7. The smallest absolute Gasteiger partial charge is 0.414 e. The summed E-state index contributed by atoms with van der Waals surface area (Å²) >= 11 is 0. The van der Waals surface area contributed by atoms with Crippen molar-refractivity contribution < 1.29 is 22.8 Å². The summed E-state index contributed by atoms with van der Waals surface area (Å²) in [6.07, 6.45) is 1.49. The number of cyclic esters (lactones) is 1. The van der Waals surface area contributed by atoms with Crippen molar-refractivity contribution in [3.63, 3.8) is 0 Å². The second kappa shape index (κ2) is 8.26. The lowest BCUT2D eigenvalue weighted by Crippen LogP contribution is -2.27. The van der Waals surface area contributed by atoms with Crippen LogP contribution >= 0.6 is 0 Å². The highest BCUT2D eigenvalue weighted by molar-refractivity contribution is 5.90. The summed E-state index contributed by atoms with van der Waals surface area (Å²) in [5.74, 6) is -0.899. The average molecular weight is 454 g/mol. The highest BCUT2D eigenvalue weighted by Crippen LogP contribution is 2.32. The Kier molecular flexibility index (Phi) is 5.12. The number of rotatable bonds is 6. The Balaban J connectivity index is 1.33. The van der Waals surface area contributed by atoms with E-state index in [0.29, 0.717) is 17.3 Å². The van der Waals surface area contributed by atoms with E-state index in [0.717, 1.165) is 12.1 Å². The molecule has 0 bridgehead atoms. The topological polar surface area (TPSA) is 124 Å². The summed E-state index contributed by atoms with van der Waals surface area (Å²) in [4.78, 5) is 18.9. The molecule has 4 heterocycles. The molecule has 168 valence electrons. The summed E-state index contributed by atoms with van der Waals surface area (Å²) in [5.41, 5.74) is 0.426. The van der Waals surface area contributed by atoms with Crippen molar-refractivity contribution in [1.29, 1.82) is 0 Å². The number of anilines is 2. The fraction of sp³-hybridized carbons (Fsp3) is 0.200. The van der Waals surface area contributed by atoms with E-state index in [1.807, 2.05) is 0 Å². The first-order chi connectivity index (χ1) is 16.0. The van der Waals surface area contributed by atoms with Crippen LogP contribution in [0, 0.1) is 11.6 Å². The first-order valence-electron chi connectivity index (χ1n) is 9.80. The predicted molar refractivity (Wildman–Crippen MR) is 110 cm³/mol. The Morgan fingerprint density at radius 2 is 2.03 bits per heavy atom. The quantitative estimate of drug-likeness (QED) is 0.468. The number of nitrogens with one attached hydrogen (secondary N) is 1. The van der Waals surface area contributed by atoms with Crippen LogP contribution < -0.4 is 10.2 Å². The zero-order chi connectivity index (χ0) is 22.9. The van der Waals surface area contributed by atoms with Crippen molar-refractivity contribution in [3.8, 4) is 22.6 Å². The van der Waals surface area contributed by atoms with Crippen molar-refractivity contribution in [2.75, 3.05) is 23.3 Å². The van der Waals surface area contributed by atoms with Gasteiger partial charge in [0.15, 0.2) is 5.82 Å². The molecule has 1 aliphatic rings. The molecule has 1 saturated heterocycles. The lowest BCUT2D eigenvalue weighted by atomic mass is 10.0. The van der Waals surface area contributed by atoms with E-state index in [9.17, 15) is 13.6 Å². The fourth-order valence-corrected chi connectivity index (χ4v) is 3.41. The lowest BCUT2D eigenvalue weighted by molar-refractivity contribution is 0.147. The van der Waals surface area contributed by atoms with E-state index in [4.69, 9.17) is 9.26 Å². The normalized spacial score (nSPS) is 15.7. The van der Waals surface area contributed by atoms with Gasteiger partial charge in [0.05, 0.1) is 31.4 Å². The number of carbonyl (C=O) groups excluding carboxylic acids is 1. The van der Waals surface area contributed by atoms with Crippen LogP contribution in [-0.4, -0.2) is 55.6 Å². The molecule has 0 aliphatic carbocycles. The van der Waals surface area contributed by atoms with Gasteiger partial charge in [0, 0.05) is 17.8 Å². The van der Waals surface area contributed by atoms with Gasteiger partial charge in [0.25, 0.3) is 0 Å². The van der Waals surface area contributed by atoms with E-state index >= 15 is 0 Å². The maximum absolute atomic E-state index is 14.9. The van der Waals surface area contributed by atoms with Gasteiger partial charge in [-0.1, -0.05) is 11.2 Å². The van der Waals surface area contributed by atoms with Gasteiger partial charge >= 0.3 is 6.09 Å². The molecule has 0 saturated carbocycles. The maximum atomic E-state index is 14.9. The Morgan fingerprint density at radius 1 is 1.21 bits per heavy atom. The number of aromatic nitrogens is 6. The minimum absolute atomic E-state index is 0.0519. The van der Waals surface area contributed by atoms with Gasteiger partial charge in [-0.25, -0.2) is 13.6 Å². The molecule has 1 atom stereocenters. The van der Waals surface area contributed by atoms with Crippen molar-refractivity contribution in [2.45, 2.75) is 6.10 Å². The van der Waals surface area contributed by atoms with E-state index < -0.39 is 23.8 Å². The molecule has 13 heteroatoms. The van der Waals surface area contributed by atoms with E-state index in [1.165, 1.54) is 28.2 Å². The number of hydrogen-bond donors (Lipinski definition) is 1. The summed E-state index contributed by atoms with van der Waals surface area (Å²) in [5, 5.41) is 18.3. The lowest BCUT2D eigenvalue weighted by Gasteiger charge is -2.15. The number of tetrazole rings is 1. The number of benzene rings is 1. The molecular weight excluding hydrogens is 438 g/mol. The van der Waals surface area contributed by atoms with Crippen LogP contribution in [0.5, 0.6) is 0 Å². The summed E-state index contributed by atoms with van der Waals surface area (Å²) in [7, 11) is 1.61. The van der Waals surface area contributed by atoms with E-state index in [1.54, 1.807) is 19.2 Å². The van der Waals surface area contributed by atoms with Gasteiger partial charge in [-0.2, -0.15) is 4.80 Å². The number of pyridine rings is 1. The molecule has 1 aromatic carbocycles. The molecule has 3 aromatic heterocycles.